The average Bonchev–Trinajstić information content (AvgIpc) is 2.64. The lowest BCUT2D eigenvalue weighted by atomic mass is 9.95. The van der Waals surface area contributed by atoms with Crippen LogP contribution in [0, 0.1) is 0 Å². The van der Waals surface area contributed by atoms with Gasteiger partial charge in [-0.3, -0.25) is 9.88 Å². The van der Waals surface area contributed by atoms with Crippen molar-refractivity contribution in [3.8, 4) is 0 Å². The fraction of sp³-hybridized carbons (Fsp3) is 0.250. The first-order valence-corrected chi connectivity index (χ1v) is 8.73. The maximum Gasteiger partial charge on any atom is 0.0602 e. The SMILES string of the molecule is Clc1ccc(C(c2ccc3cnccc3c2)N2CCNCC2)cc1. The minimum Gasteiger partial charge on any atom is -0.314 e. The molecule has 0 bridgehead atoms. The molecular formula is C20H20ClN3. The molecule has 1 N–H and O–H groups in total. The van der Waals surface area contributed by atoms with Crippen LogP contribution in [-0.4, -0.2) is 36.1 Å². The molecule has 4 heteroatoms. The van der Waals surface area contributed by atoms with Crippen LogP contribution < -0.4 is 5.32 Å². The van der Waals surface area contributed by atoms with Crippen LogP contribution in [0.3, 0.4) is 0 Å². The minimum atomic E-state index is 0.252. The van der Waals surface area contributed by atoms with Crippen molar-refractivity contribution in [2.45, 2.75) is 6.04 Å². The second-order valence-corrected chi connectivity index (χ2v) is 6.66. The second-order valence-electron chi connectivity index (χ2n) is 6.22. The molecule has 0 amide bonds. The van der Waals surface area contributed by atoms with Crippen molar-refractivity contribution in [1.29, 1.82) is 0 Å². The van der Waals surface area contributed by atoms with Crippen LogP contribution >= 0.6 is 11.6 Å². The van der Waals surface area contributed by atoms with Crippen molar-refractivity contribution in [1.82, 2.24) is 15.2 Å². The van der Waals surface area contributed by atoms with E-state index in [4.69, 9.17) is 11.6 Å². The monoisotopic (exact) mass is 337 g/mol. The van der Waals surface area contributed by atoms with E-state index in [9.17, 15) is 0 Å². The summed E-state index contributed by atoms with van der Waals surface area (Å²) in [5, 5.41) is 6.63. The predicted molar refractivity (Wildman–Crippen MR) is 99.5 cm³/mol. The number of nitrogens with one attached hydrogen (secondary N) is 1. The quantitative estimate of drug-likeness (QED) is 0.786. The largest absolute Gasteiger partial charge is 0.314 e. The Bertz CT molecular complexity index is 826. The van der Waals surface area contributed by atoms with Crippen LogP contribution in [0.5, 0.6) is 0 Å². The van der Waals surface area contributed by atoms with Gasteiger partial charge in [-0.25, -0.2) is 0 Å². The van der Waals surface area contributed by atoms with Gasteiger partial charge in [0.2, 0.25) is 0 Å². The predicted octanol–water partition coefficient (Wildman–Crippen LogP) is 3.88. The summed E-state index contributed by atoms with van der Waals surface area (Å²) in [5.74, 6) is 0. The number of hydrogen-bond acceptors (Lipinski definition) is 3. The Hall–Kier alpha value is -1.94. The van der Waals surface area contributed by atoms with Gasteiger partial charge in [-0.15, -0.1) is 0 Å². The Morgan fingerprint density at radius 2 is 1.67 bits per heavy atom. The van der Waals surface area contributed by atoms with E-state index in [-0.39, 0.29) is 6.04 Å². The molecule has 24 heavy (non-hydrogen) atoms. The normalized spacial score (nSPS) is 17.0. The average molecular weight is 338 g/mol. The summed E-state index contributed by atoms with van der Waals surface area (Å²) in [4.78, 5) is 6.76. The molecule has 4 rings (SSSR count). The summed E-state index contributed by atoms with van der Waals surface area (Å²) < 4.78 is 0. The third-order valence-electron chi connectivity index (χ3n) is 4.68. The highest BCUT2D eigenvalue weighted by Gasteiger charge is 2.24. The molecule has 3 nitrogen and oxygen atoms in total. The zero-order chi connectivity index (χ0) is 16.4. The number of fused-ring (bicyclic) bond motifs is 1. The molecule has 0 radical (unpaired) electrons. The van der Waals surface area contributed by atoms with E-state index in [1.807, 2.05) is 24.5 Å². The fourth-order valence-electron chi connectivity index (χ4n) is 3.47. The van der Waals surface area contributed by atoms with E-state index in [2.05, 4.69) is 51.6 Å². The number of benzene rings is 2. The maximum atomic E-state index is 6.10. The molecule has 0 saturated carbocycles. The molecule has 1 unspecified atom stereocenters. The minimum absolute atomic E-state index is 0.252. The van der Waals surface area contributed by atoms with Gasteiger partial charge in [-0.1, -0.05) is 35.9 Å². The Balaban J connectivity index is 1.79. The third-order valence-corrected chi connectivity index (χ3v) is 4.93. The number of pyridine rings is 1. The van der Waals surface area contributed by atoms with Crippen LogP contribution in [0.15, 0.2) is 60.9 Å². The summed E-state index contributed by atoms with van der Waals surface area (Å²) in [6.07, 6.45) is 3.77. The summed E-state index contributed by atoms with van der Waals surface area (Å²) in [5.41, 5.74) is 2.60. The van der Waals surface area contributed by atoms with Crippen molar-refractivity contribution < 1.29 is 0 Å². The molecule has 1 fully saturated rings. The van der Waals surface area contributed by atoms with E-state index in [0.29, 0.717) is 0 Å². The molecule has 2 heterocycles. The van der Waals surface area contributed by atoms with Gasteiger partial charge in [0.25, 0.3) is 0 Å². The zero-order valence-corrected chi connectivity index (χ0v) is 14.2. The van der Waals surface area contributed by atoms with E-state index in [1.165, 1.54) is 21.9 Å². The smallest absolute Gasteiger partial charge is 0.0602 e. The number of aromatic nitrogens is 1. The zero-order valence-electron chi connectivity index (χ0n) is 13.5. The topological polar surface area (TPSA) is 28.2 Å². The molecule has 1 aliphatic heterocycles. The molecule has 3 aromatic rings. The van der Waals surface area contributed by atoms with E-state index in [1.54, 1.807) is 0 Å². The van der Waals surface area contributed by atoms with Crippen LogP contribution in [-0.2, 0) is 0 Å². The van der Waals surface area contributed by atoms with Gasteiger partial charge in [0.05, 0.1) is 6.04 Å². The van der Waals surface area contributed by atoms with Crippen molar-refractivity contribution >= 4 is 22.4 Å². The maximum absolute atomic E-state index is 6.10. The molecule has 1 aromatic heterocycles. The Kier molecular flexibility index (Phi) is 4.48. The number of piperazine rings is 1. The highest BCUT2D eigenvalue weighted by molar-refractivity contribution is 6.30. The van der Waals surface area contributed by atoms with Crippen molar-refractivity contribution in [3.05, 3.63) is 77.1 Å². The summed E-state index contributed by atoms with van der Waals surface area (Å²) in [6, 6.07) is 17.3. The highest BCUT2D eigenvalue weighted by atomic mass is 35.5. The van der Waals surface area contributed by atoms with Crippen LogP contribution in [0.25, 0.3) is 10.8 Å². The standard InChI is InChI=1S/C20H20ClN3/c21-19-5-3-15(4-6-19)20(24-11-9-22-10-12-24)17-1-2-18-14-23-8-7-16(18)13-17/h1-8,13-14,20,22H,9-12H2. The van der Waals surface area contributed by atoms with Gasteiger partial charge in [0.15, 0.2) is 0 Å². The third kappa shape index (κ3) is 3.16. The molecule has 1 saturated heterocycles. The van der Waals surface area contributed by atoms with Gasteiger partial charge in [-0.05, 0) is 40.8 Å². The van der Waals surface area contributed by atoms with E-state index in [0.717, 1.165) is 31.2 Å². The Morgan fingerprint density at radius 1 is 0.917 bits per heavy atom. The van der Waals surface area contributed by atoms with Crippen LogP contribution in [0.1, 0.15) is 17.2 Å². The lowest BCUT2D eigenvalue weighted by Crippen LogP contribution is -2.45. The molecule has 1 atom stereocenters. The lowest BCUT2D eigenvalue weighted by molar-refractivity contribution is 0.198. The Morgan fingerprint density at radius 3 is 2.46 bits per heavy atom. The van der Waals surface area contributed by atoms with Crippen molar-refractivity contribution in [2.75, 3.05) is 26.2 Å². The van der Waals surface area contributed by atoms with E-state index < -0.39 is 0 Å². The first-order chi connectivity index (χ1) is 11.8. The summed E-state index contributed by atoms with van der Waals surface area (Å²) in [7, 11) is 0. The number of halogens is 1. The van der Waals surface area contributed by atoms with Gasteiger partial charge < -0.3 is 5.32 Å². The first-order valence-electron chi connectivity index (χ1n) is 8.35. The molecular weight excluding hydrogens is 318 g/mol. The summed E-state index contributed by atoms with van der Waals surface area (Å²) >= 11 is 6.10. The Labute approximate surface area is 147 Å². The molecule has 0 aliphatic carbocycles. The van der Waals surface area contributed by atoms with Crippen LogP contribution in [0.4, 0.5) is 0 Å². The molecule has 0 spiro atoms. The van der Waals surface area contributed by atoms with Gasteiger partial charge in [0.1, 0.15) is 0 Å². The number of hydrogen-bond donors (Lipinski definition) is 1. The molecule has 2 aromatic carbocycles. The second kappa shape index (κ2) is 6.89. The van der Waals surface area contributed by atoms with Gasteiger partial charge in [0, 0.05) is 49.0 Å². The summed E-state index contributed by atoms with van der Waals surface area (Å²) in [6.45, 7) is 4.15. The first kappa shape index (κ1) is 15.6. The van der Waals surface area contributed by atoms with Crippen molar-refractivity contribution in [2.24, 2.45) is 0 Å². The van der Waals surface area contributed by atoms with Crippen molar-refractivity contribution in [3.63, 3.8) is 0 Å². The number of nitrogens with zero attached hydrogens (tertiary/aromatic N) is 2. The van der Waals surface area contributed by atoms with Gasteiger partial charge in [-0.2, -0.15) is 0 Å². The lowest BCUT2D eigenvalue weighted by Gasteiger charge is -2.35. The molecule has 122 valence electrons. The van der Waals surface area contributed by atoms with E-state index >= 15 is 0 Å². The molecule has 1 aliphatic rings. The highest BCUT2D eigenvalue weighted by Crippen LogP contribution is 2.31. The number of rotatable bonds is 3. The van der Waals surface area contributed by atoms with Gasteiger partial charge >= 0.3 is 0 Å². The van der Waals surface area contributed by atoms with Crippen LogP contribution in [0.2, 0.25) is 5.02 Å². The fourth-order valence-corrected chi connectivity index (χ4v) is 3.60.